The Morgan fingerprint density at radius 1 is 1.15 bits per heavy atom. The van der Waals surface area contributed by atoms with Gasteiger partial charge < -0.3 is 19.5 Å². The van der Waals surface area contributed by atoms with E-state index in [1.807, 2.05) is 13.0 Å². The molecule has 0 aliphatic rings. The van der Waals surface area contributed by atoms with Crippen molar-refractivity contribution < 1.29 is 18.6 Å². The van der Waals surface area contributed by atoms with Crippen LogP contribution in [0.3, 0.4) is 0 Å². The molecule has 0 heterocycles. The molecule has 0 fully saturated rings. The maximum Gasteiger partial charge on any atom is 0.127 e. The molecule has 114 valence electrons. The van der Waals surface area contributed by atoms with E-state index in [4.69, 9.17) is 14.2 Å². The molecule has 4 nitrogen and oxygen atoms in total. The highest BCUT2D eigenvalue weighted by atomic mass is 19.1. The molecule has 1 N–H and O–H groups in total. The SMILES string of the molecule is COCCNCc1cc(F)cc(OC(C)CCOC)c1. The van der Waals surface area contributed by atoms with Crippen molar-refractivity contribution >= 4 is 0 Å². The maximum absolute atomic E-state index is 13.5. The van der Waals surface area contributed by atoms with Gasteiger partial charge in [-0.25, -0.2) is 4.39 Å². The lowest BCUT2D eigenvalue weighted by Crippen LogP contribution is -2.19. The minimum Gasteiger partial charge on any atom is -0.491 e. The van der Waals surface area contributed by atoms with Gasteiger partial charge in [0, 0.05) is 46.4 Å². The second kappa shape index (κ2) is 9.69. The topological polar surface area (TPSA) is 39.7 Å². The minimum absolute atomic E-state index is 0.00829. The van der Waals surface area contributed by atoms with E-state index in [0.29, 0.717) is 25.5 Å². The Kier molecular flexibility index (Phi) is 8.18. The first-order chi connectivity index (χ1) is 9.65. The molecule has 0 radical (unpaired) electrons. The monoisotopic (exact) mass is 285 g/mol. The maximum atomic E-state index is 13.5. The molecule has 0 aliphatic carbocycles. The van der Waals surface area contributed by atoms with Gasteiger partial charge >= 0.3 is 0 Å². The summed E-state index contributed by atoms with van der Waals surface area (Å²) in [7, 11) is 3.30. The quantitative estimate of drug-likeness (QED) is 0.670. The molecule has 5 heteroatoms. The number of hydrogen-bond acceptors (Lipinski definition) is 4. The lowest BCUT2D eigenvalue weighted by atomic mass is 10.2. The van der Waals surface area contributed by atoms with Crippen LogP contribution in [0.15, 0.2) is 18.2 Å². The summed E-state index contributed by atoms with van der Waals surface area (Å²) in [5.41, 5.74) is 0.857. The van der Waals surface area contributed by atoms with Crippen LogP contribution in [0.4, 0.5) is 4.39 Å². The summed E-state index contributed by atoms with van der Waals surface area (Å²) < 4.78 is 29.2. The second-order valence-corrected chi connectivity index (χ2v) is 4.67. The van der Waals surface area contributed by atoms with Crippen LogP contribution in [0.1, 0.15) is 18.9 Å². The highest BCUT2D eigenvalue weighted by Gasteiger charge is 2.07. The Labute approximate surface area is 120 Å². The van der Waals surface area contributed by atoms with Crippen LogP contribution in [0.25, 0.3) is 0 Å². The summed E-state index contributed by atoms with van der Waals surface area (Å²) >= 11 is 0. The van der Waals surface area contributed by atoms with E-state index < -0.39 is 0 Å². The Balaban J connectivity index is 2.52. The molecule has 0 amide bonds. The Morgan fingerprint density at radius 3 is 2.60 bits per heavy atom. The molecule has 0 saturated heterocycles. The van der Waals surface area contributed by atoms with Gasteiger partial charge in [0.15, 0.2) is 0 Å². The molecular weight excluding hydrogens is 261 g/mol. The smallest absolute Gasteiger partial charge is 0.127 e. The summed E-state index contributed by atoms with van der Waals surface area (Å²) in [6.45, 7) is 4.52. The van der Waals surface area contributed by atoms with Crippen molar-refractivity contribution in [3.63, 3.8) is 0 Å². The average Bonchev–Trinajstić information content (AvgIpc) is 2.41. The third kappa shape index (κ3) is 6.84. The van der Waals surface area contributed by atoms with Gasteiger partial charge in [-0.15, -0.1) is 0 Å². The van der Waals surface area contributed by atoms with E-state index in [1.54, 1.807) is 14.2 Å². The van der Waals surface area contributed by atoms with Crippen LogP contribution in [0.2, 0.25) is 0 Å². The van der Waals surface area contributed by atoms with Crippen LogP contribution in [-0.2, 0) is 16.0 Å². The fourth-order valence-electron chi connectivity index (χ4n) is 1.77. The van der Waals surface area contributed by atoms with Gasteiger partial charge in [-0.1, -0.05) is 0 Å². The van der Waals surface area contributed by atoms with Crippen LogP contribution < -0.4 is 10.1 Å². The van der Waals surface area contributed by atoms with Crippen molar-refractivity contribution in [1.82, 2.24) is 5.32 Å². The van der Waals surface area contributed by atoms with Gasteiger partial charge in [-0.05, 0) is 24.6 Å². The molecule has 1 rings (SSSR count). The summed E-state index contributed by atoms with van der Waals surface area (Å²) in [5, 5.41) is 3.18. The van der Waals surface area contributed by atoms with E-state index in [2.05, 4.69) is 5.32 Å². The Hall–Kier alpha value is -1.17. The number of methoxy groups -OCH3 is 2. The first kappa shape index (κ1) is 16.9. The van der Waals surface area contributed by atoms with Gasteiger partial charge in [0.05, 0.1) is 12.7 Å². The Morgan fingerprint density at radius 2 is 1.90 bits per heavy atom. The summed E-state index contributed by atoms with van der Waals surface area (Å²) in [5.74, 6) is 0.266. The molecule has 0 aliphatic heterocycles. The number of hydrogen-bond donors (Lipinski definition) is 1. The molecule has 0 spiro atoms. The average molecular weight is 285 g/mol. The molecule has 1 aromatic carbocycles. The molecule has 1 atom stereocenters. The van der Waals surface area contributed by atoms with Crippen LogP contribution >= 0.6 is 0 Å². The van der Waals surface area contributed by atoms with Crippen LogP contribution in [0, 0.1) is 5.82 Å². The van der Waals surface area contributed by atoms with Crippen molar-refractivity contribution in [3.05, 3.63) is 29.6 Å². The highest BCUT2D eigenvalue weighted by Crippen LogP contribution is 2.18. The first-order valence-corrected chi connectivity index (χ1v) is 6.80. The van der Waals surface area contributed by atoms with Crippen molar-refractivity contribution in [2.75, 3.05) is 34.0 Å². The summed E-state index contributed by atoms with van der Waals surface area (Å²) in [6, 6.07) is 4.76. The van der Waals surface area contributed by atoms with E-state index in [1.165, 1.54) is 12.1 Å². The zero-order valence-corrected chi connectivity index (χ0v) is 12.4. The van der Waals surface area contributed by atoms with Gasteiger partial charge in [0.25, 0.3) is 0 Å². The molecule has 0 aromatic heterocycles. The summed E-state index contributed by atoms with van der Waals surface area (Å²) in [6.07, 6.45) is 0.764. The molecule has 1 unspecified atom stereocenters. The minimum atomic E-state index is -0.287. The Bertz CT molecular complexity index is 387. The van der Waals surface area contributed by atoms with Crippen molar-refractivity contribution in [1.29, 1.82) is 0 Å². The van der Waals surface area contributed by atoms with E-state index in [0.717, 1.165) is 18.5 Å². The van der Waals surface area contributed by atoms with E-state index >= 15 is 0 Å². The van der Waals surface area contributed by atoms with Gasteiger partial charge in [-0.3, -0.25) is 0 Å². The molecular formula is C15H24FNO3. The van der Waals surface area contributed by atoms with Gasteiger partial charge in [-0.2, -0.15) is 0 Å². The van der Waals surface area contributed by atoms with Crippen LogP contribution in [0.5, 0.6) is 5.75 Å². The molecule has 20 heavy (non-hydrogen) atoms. The number of nitrogens with one attached hydrogen (secondary N) is 1. The largest absolute Gasteiger partial charge is 0.491 e. The number of halogens is 1. The second-order valence-electron chi connectivity index (χ2n) is 4.67. The lowest BCUT2D eigenvalue weighted by Gasteiger charge is -2.15. The lowest BCUT2D eigenvalue weighted by molar-refractivity contribution is 0.135. The van der Waals surface area contributed by atoms with E-state index in [9.17, 15) is 4.39 Å². The normalized spacial score (nSPS) is 12.4. The number of rotatable bonds is 10. The van der Waals surface area contributed by atoms with Crippen LogP contribution in [-0.4, -0.2) is 40.1 Å². The van der Waals surface area contributed by atoms with Crippen molar-refractivity contribution in [3.8, 4) is 5.75 Å². The van der Waals surface area contributed by atoms with E-state index in [-0.39, 0.29) is 11.9 Å². The fourth-order valence-corrected chi connectivity index (χ4v) is 1.77. The standard InChI is InChI=1S/C15H24FNO3/c1-12(4-6-18-2)20-15-9-13(8-14(16)10-15)11-17-5-7-19-3/h8-10,12,17H,4-7,11H2,1-3H3. The zero-order chi connectivity index (χ0) is 14.8. The third-order valence-electron chi connectivity index (χ3n) is 2.81. The number of benzene rings is 1. The highest BCUT2D eigenvalue weighted by molar-refractivity contribution is 5.29. The first-order valence-electron chi connectivity index (χ1n) is 6.80. The molecule has 0 bridgehead atoms. The summed E-state index contributed by atoms with van der Waals surface area (Å²) in [4.78, 5) is 0. The van der Waals surface area contributed by atoms with Gasteiger partial charge in [0.1, 0.15) is 11.6 Å². The van der Waals surface area contributed by atoms with Crippen molar-refractivity contribution in [2.24, 2.45) is 0 Å². The molecule has 0 saturated carbocycles. The fraction of sp³-hybridized carbons (Fsp3) is 0.600. The number of ether oxygens (including phenoxy) is 3. The molecule has 1 aromatic rings. The predicted octanol–water partition coefficient (Wildman–Crippen LogP) is 2.37. The zero-order valence-electron chi connectivity index (χ0n) is 12.4. The predicted molar refractivity (Wildman–Crippen MR) is 76.6 cm³/mol. The van der Waals surface area contributed by atoms with Gasteiger partial charge in [0.2, 0.25) is 0 Å². The third-order valence-corrected chi connectivity index (χ3v) is 2.81. The van der Waals surface area contributed by atoms with Crippen molar-refractivity contribution in [2.45, 2.75) is 26.0 Å².